The van der Waals surface area contributed by atoms with E-state index < -0.39 is 8.56 Å². The third kappa shape index (κ3) is 7.13. The Balaban J connectivity index is 3.89. The molecule has 18 heavy (non-hydrogen) atoms. The van der Waals surface area contributed by atoms with Crippen LogP contribution >= 0.6 is 0 Å². The zero-order chi connectivity index (χ0) is 14.0. The van der Waals surface area contributed by atoms with Crippen molar-refractivity contribution in [3.63, 3.8) is 0 Å². The van der Waals surface area contributed by atoms with Gasteiger partial charge in [-0.25, -0.2) is 0 Å². The molecule has 0 bridgehead atoms. The van der Waals surface area contributed by atoms with Gasteiger partial charge in [-0.15, -0.1) is 0 Å². The number of hydrogen-bond donors (Lipinski definition) is 1. The number of carbonyl (C=O) groups excluding carboxylic acids is 1. The lowest BCUT2D eigenvalue weighted by Gasteiger charge is -2.26. The molecule has 1 unspecified atom stereocenters. The molecule has 1 atom stereocenters. The fourth-order valence-electron chi connectivity index (χ4n) is 1.78. The Labute approximate surface area is 113 Å². The van der Waals surface area contributed by atoms with Crippen LogP contribution in [0.25, 0.3) is 0 Å². The molecular formula is C13H29NO3Si. The Kier molecular flexibility index (Phi) is 9.32. The standard InChI is InChI=1S/C13H29NO3Si/c1-6-12(4)13(15)14-10-9-11-18(5,16-7-2)17-8-3/h12H,6-11H2,1-5H3,(H,14,15). The third-order valence-electron chi connectivity index (χ3n) is 3.07. The molecule has 1 N–H and O–H groups in total. The molecule has 0 aromatic heterocycles. The second kappa shape index (κ2) is 9.53. The number of hydrogen-bond acceptors (Lipinski definition) is 3. The van der Waals surface area contributed by atoms with Crippen molar-refractivity contribution in [3.05, 3.63) is 0 Å². The molecule has 0 radical (unpaired) electrons. The zero-order valence-electron chi connectivity index (χ0n) is 12.5. The Morgan fingerprint density at radius 3 is 2.22 bits per heavy atom. The van der Waals surface area contributed by atoms with Gasteiger partial charge in [0.1, 0.15) is 0 Å². The first-order valence-corrected chi connectivity index (χ1v) is 9.57. The summed E-state index contributed by atoms with van der Waals surface area (Å²) in [4.78, 5) is 11.6. The molecule has 5 heteroatoms. The number of carbonyl (C=O) groups is 1. The molecule has 0 aliphatic carbocycles. The van der Waals surface area contributed by atoms with Crippen LogP contribution < -0.4 is 5.32 Å². The maximum atomic E-state index is 11.6. The van der Waals surface area contributed by atoms with Gasteiger partial charge >= 0.3 is 8.56 Å². The van der Waals surface area contributed by atoms with Crippen molar-refractivity contribution in [2.75, 3.05) is 19.8 Å². The van der Waals surface area contributed by atoms with Gasteiger partial charge in [-0.05, 0) is 39.3 Å². The fourth-order valence-corrected chi connectivity index (χ4v) is 4.19. The summed E-state index contributed by atoms with van der Waals surface area (Å²) in [5, 5.41) is 2.96. The lowest BCUT2D eigenvalue weighted by molar-refractivity contribution is -0.124. The largest absolute Gasteiger partial charge is 0.395 e. The SMILES string of the molecule is CCO[Si](C)(CCCNC(=O)C(C)CC)OCC. The first-order chi connectivity index (χ1) is 8.49. The monoisotopic (exact) mass is 275 g/mol. The maximum Gasteiger partial charge on any atom is 0.334 e. The van der Waals surface area contributed by atoms with Gasteiger partial charge in [0.25, 0.3) is 0 Å². The van der Waals surface area contributed by atoms with Gasteiger partial charge in [-0.3, -0.25) is 4.79 Å². The van der Waals surface area contributed by atoms with Crippen LogP contribution in [0.15, 0.2) is 0 Å². The van der Waals surface area contributed by atoms with E-state index in [1.807, 2.05) is 27.7 Å². The predicted molar refractivity (Wildman–Crippen MR) is 76.8 cm³/mol. The van der Waals surface area contributed by atoms with Gasteiger partial charge in [0.05, 0.1) is 0 Å². The molecule has 0 aliphatic rings. The first-order valence-electron chi connectivity index (χ1n) is 7.04. The van der Waals surface area contributed by atoms with E-state index in [-0.39, 0.29) is 11.8 Å². The highest BCUT2D eigenvalue weighted by Gasteiger charge is 2.29. The summed E-state index contributed by atoms with van der Waals surface area (Å²) in [6.07, 6.45) is 1.81. The summed E-state index contributed by atoms with van der Waals surface area (Å²) in [5.74, 6) is 0.251. The Bertz CT molecular complexity index is 230. The van der Waals surface area contributed by atoms with Crippen molar-refractivity contribution in [1.82, 2.24) is 5.32 Å². The summed E-state index contributed by atoms with van der Waals surface area (Å²) in [5.41, 5.74) is 0. The highest BCUT2D eigenvalue weighted by molar-refractivity contribution is 6.66. The van der Waals surface area contributed by atoms with E-state index in [0.29, 0.717) is 19.8 Å². The van der Waals surface area contributed by atoms with Crippen molar-refractivity contribution in [1.29, 1.82) is 0 Å². The topological polar surface area (TPSA) is 47.6 Å². The summed E-state index contributed by atoms with van der Waals surface area (Å²) in [6.45, 7) is 12.2. The highest BCUT2D eigenvalue weighted by Crippen LogP contribution is 2.15. The number of rotatable bonds is 10. The molecule has 108 valence electrons. The van der Waals surface area contributed by atoms with Crippen LogP contribution in [-0.2, 0) is 13.6 Å². The normalized spacial score (nSPS) is 13.4. The quantitative estimate of drug-likeness (QED) is 0.492. The average Bonchev–Trinajstić information content (AvgIpc) is 2.34. The maximum absolute atomic E-state index is 11.6. The van der Waals surface area contributed by atoms with Gasteiger partial charge in [-0.1, -0.05) is 13.8 Å². The number of amides is 1. The van der Waals surface area contributed by atoms with E-state index in [0.717, 1.165) is 18.9 Å². The van der Waals surface area contributed by atoms with Gasteiger partial charge in [-0.2, -0.15) is 0 Å². The minimum atomic E-state index is -2.01. The Morgan fingerprint density at radius 1 is 1.22 bits per heavy atom. The predicted octanol–water partition coefficient (Wildman–Crippen LogP) is 2.68. The molecule has 0 aromatic rings. The van der Waals surface area contributed by atoms with Crippen LogP contribution in [0.1, 0.15) is 40.5 Å². The van der Waals surface area contributed by atoms with Crippen LogP contribution in [-0.4, -0.2) is 34.2 Å². The van der Waals surface area contributed by atoms with E-state index in [9.17, 15) is 4.79 Å². The van der Waals surface area contributed by atoms with E-state index >= 15 is 0 Å². The van der Waals surface area contributed by atoms with E-state index in [1.165, 1.54) is 0 Å². The molecule has 1 amide bonds. The molecule has 0 fully saturated rings. The molecule has 0 aliphatic heterocycles. The van der Waals surface area contributed by atoms with Gasteiger partial charge in [0, 0.05) is 25.7 Å². The van der Waals surface area contributed by atoms with Crippen molar-refractivity contribution >= 4 is 14.5 Å². The summed E-state index contributed by atoms with van der Waals surface area (Å²) in [6, 6.07) is 0.926. The molecule has 0 saturated heterocycles. The fraction of sp³-hybridized carbons (Fsp3) is 0.923. The van der Waals surface area contributed by atoms with E-state index in [4.69, 9.17) is 8.85 Å². The lowest BCUT2D eigenvalue weighted by atomic mass is 10.1. The molecule has 4 nitrogen and oxygen atoms in total. The number of nitrogens with one attached hydrogen (secondary N) is 1. The van der Waals surface area contributed by atoms with Crippen LogP contribution in [0.2, 0.25) is 12.6 Å². The summed E-state index contributed by atoms with van der Waals surface area (Å²) < 4.78 is 11.5. The zero-order valence-corrected chi connectivity index (χ0v) is 13.5. The molecule has 0 rings (SSSR count). The van der Waals surface area contributed by atoms with Gasteiger partial charge < -0.3 is 14.2 Å². The van der Waals surface area contributed by atoms with Crippen molar-refractivity contribution in [2.45, 2.75) is 53.1 Å². The van der Waals surface area contributed by atoms with Gasteiger partial charge in [0.2, 0.25) is 5.91 Å². The summed E-state index contributed by atoms with van der Waals surface area (Å²) in [7, 11) is -2.01. The van der Waals surface area contributed by atoms with Crippen molar-refractivity contribution in [3.8, 4) is 0 Å². The minimum Gasteiger partial charge on any atom is -0.395 e. The van der Waals surface area contributed by atoms with Crippen LogP contribution in [0.4, 0.5) is 0 Å². The van der Waals surface area contributed by atoms with Crippen molar-refractivity contribution < 1.29 is 13.6 Å². The van der Waals surface area contributed by atoms with Crippen LogP contribution in [0.3, 0.4) is 0 Å². The summed E-state index contributed by atoms with van der Waals surface area (Å²) >= 11 is 0. The highest BCUT2D eigenvalue weighted by atomic mass is 28.4. The second-order valence-corrected chi connectivity index (χ2v) is 8.05. The van der Waals surface area contributed by atoms with E-state index in [1.54, 1.807) is 0 Å². The minimum absolute atomic E-state index is 0.104. The second-order valence-electron chi connectivity index (χ2n) is 4.70. The molecule has 0 aromatic carbocycles. The molecule has 0 saturated carbocycles. The molecule has 0 spiro atoms. The third-order valence-corrected chi connectivity index (χ3v) is 6.13. The lowest BCUT2D eigenvalue weighted by Crippen LogP contribution is -2.39. The molecular weight excluding hydrogens is 246 g/mol. The Hall–Kier alpha value is -0.393. The van der Waals surface area contributed by atoms with E-state index in [2.05, 4.69) is 11.9 Å². The average molecular weight is 275 g/mol. The Morgan fingerprint density at radius 2 is 1.78 bits per heavy atom. The van der Waals surface area contributed by atoms with Gasteiger partial charge in [0.15, 0.2) is 0 Å². The smallest absolute Gasteiger partial charge is 0.334 e. The first kappa shape index (κ1) is 17.6. The van der Waals surface area contributed by atoms with Crippen LogP contribution in [0.5, 0.6) is 0 Å². The molecule has 0 heterocycles. The van der Waals surface area contributed by atoms with Crippen LogP contribution in [0, 0.1) is 5.92 Å². The van der Waals surface area contributed by atoms with Crippen molar-refractivity contribution in [2.24, 2.45) is 5.92 Å².